The minimum atomic E-state index is -0.486. The molecule has 1 amide bonds. The summed E-state index contributed by atoms with van der Waals surface area (Å²) in [6.07, 6.45) is 1.70. The number of carbonyl (C=O) groups is 1. The van der Waals surface area contributed by atoms with Gasteiger partial charge in [-0.1, -0.05) is 11.6 Å². The Morgan fingerprint density at radius 2 is 2.10 bits per heavy atom. The van der Waals surface area contributed by atoms with E-state index in [0.29, 0.717) is 21.5 Å². The molecule has 0 saturated heterocycles. The van der Waals surface area contributed by atoms with Crippen molar-refractivity contribution in [2.24, 2.45) is 0 Å². The maximum atomic E-state index is 13.2. The molecule has 0 spiro atoms. The van der Waals surface area contributed by atoms with Crippen LogP contribution in [0.2, 0.25) is 5.02 Å². The van der Waals surface area contributed by atoms with E-state index in [9.17, 15) is 9.18 Å². The SMILES string of the molecule is CC(C)n1cc(N)cc1C(=O)Nc1c(Cl)cc(F)cc1Br. The van der Waals surface area contributed by atoms with Gasteiger partial charge in [0, 0.05) is 16.7 Å². The van der Waals surface area contributed by atoms with E-state index >= 15 is 0 Å². The molecule has 2 rings (SSSR count). The van der Waals surface area contributed by atoms with Crippen molar-refractivity contribution in [1.29, 1.82) is 0 Å². The summed E-state index contributed by atoms with van der Waals surface area (Å²) < 4.78 is 15.3. The molecule has 0 aliphatic carbocycles. The van der Waals surface area contributed by atoms with Gasteiger partial charge in [0.05, 0.1) is 16.4 Å². The molecule has 0 atom stereocenters. The maximum Gasteiger partial charge on any atom is 0.272 e. The number of hydrogen-bond acceptors (Lipinski definition) is 2. The lowest BCUT2D eigenvalue weighted by atomic mass is 10.3. The number of nitrogens with zero attached hydrogens (tertiary/aromatic N) is 1. The van der Waals surface area contributed by atoms with Gasteiger partial charge in [0.2, 0.25) is 0 Å². The van der Waals surface area contributed by atoms with Gasteiger partial charge in [0.25, 0.3) is 5.91 Å². The standard InChI is InChI=1S/C14H14BrClFN3O/c1-7(2)20-6-9(18)5-12(20)14(21)19-13-10(15)3-8(17)4-11(13)16/h3-7H,18H2,1-2H3,(H,19,21). The Kier molecular flexibility index (Phi) is 4.58. The average molecular weight is 375 g/mol. The van der Waals surface area contributed by atoms with E-state index in [1.165, 1.54) is 6.07 Å². The first-order valence-electron chi connectivity index (χ1n) is 6.23. The summed E-state index contributed by atoms with van der Waals surface area (Å²) in [6, 6.07) is 4.03. The van der Waals surface area contributed by atoms with Crippen molar-refractivity contribution in [2.75, 3.05) is 11.1 Å². The Balaban J connectivity index is 2.35. The van der Waals surface area contributed by atoms with E-state index in [2.05, 4.69) is 21.2 Å². The molecule has 112 valence electrons. The highest BCUT2D eigenvalue weighted by Gasteiger charge is 2.18. The zero-order chi connectivity index (χ0) is 15.7. The third kappa shape index (κ3) is 3.39. The van der Waals surface area contributed by atoms with Crippen molar-refractivity contribution in [2.45, 2.75) is 19.9 Å². The zero-order valence-corrected chi connectivity index (χ0v) is 13.8. The van der Waals surface area contributed by atoms with Gasteiger partial charge in [-0.05, 0) is 48.0 Å². The van der Waals surface area contributed by atoms with Crippen LogP contribution in [0.5, 0.6) is 0 Å². The highest BCUT2D eigenvalue weighted by molar-refractivity contribution is 9.10. The van der Waals surface area contributed by atoms with Crippen molar-refractivity contribution in [3.8, 4) is 0 Å². The van der Waals surface area contributed by atoms with Gasteiger partial charge in [0.15, 0.2) is 0 Å². The quantitative estimate of drug-likeness (QED) is 0.833. The number of aromatic nitrogens is 1. The summed E-state index contributed by atoms with van der Waals surface area (Å²) in [4.78, 5) is 12.4. The first-order chi connectivity index (χ1) is 9.79. The summed E-state index contributed by atoms with van der Waals surface area (Å²) in [5, 5.41) is 2.79. The molecule has 0 bridgehead atoms. The van der Waals surface area contributed by atoms with Gasteiger partial charge in [-0.25, -0.2) is 4.39 Å². The van der Waals surface area contributed by atoms with E-state index in [4.69, 9.17) is 17.3 Å². The molecule has 0 radical (unpaired) electrons. The Labute approximate surface area is 135 Å². The van der Waals surface area contributed by atoms with Gasteiger partial charge in [-0.2, -0.15) is 0 Å². The average Bonchev–Trinajstić information content (AvgIpc) is 2.76. The number of carbonyl (C=O) groups excluding carboxylic acids is 1. The summed E-state index contributed by atoms with van der Waals surface area (Å²) in [6.45, 7) is 3.88. The number of rotatable bonds is 3. The molecule has 7 heteroatoms. The smallest absolute Gasteiger partial charge is 0.272 e. The maximum absolute atomic E-state index is 13.2. The number of halogens is 3. The number of nitrogen functional groups attached to an aromatic ring is 1. The summed E-state index contributed by atoms with van der Waals surface area (Å²) in [5.74, 6) is -0.853. The van der Waals surface area contributed by atoms with Crippen molar-refractivity contribution >= 4 is 44.8 Å². The molecule has 0 aliphatic rings. The molecule has 0 aliphatic heterocycles. The molecule has 4 nitrogen and oxygen atoms in total. The normalized spacial score (nSPS) is 11.0. The van der Waals surface area contributed by atoms with E-state index in [1.807, 2.05) is 13.8 Å². The van der Waals surface area contributed by atoms with Gasteiger partial charge in [-0.15, -0.1) is 0 Å². The molecular weight excluding hydrogens is 361 g/mol. The minimum absolute atomic E-state index is 0.0789. The van der Waals surface area contributed by atoms with Crippen LogP contribution in [0.1, 0.15) is 30.4 Å². The predicted molar refractivity (Wildman–Crippen MR) is 86.3 cm³/mol. The van der Waals surface area contributed by atoms with Crippen LogP contribution in [-0.2, 0) is 0 Å². The van der Waals surface area contributed by atoms with Gasteiger partial charge in [0.1, 0.15) is 11.5 Å². The Hall–Kier alpha value is -1.53. The van der Waals surface area contributed by atoms with Crippen LogP contribution in [0.15, 0.2) is 28.9 Å². The highest BCUT2D eigenvalue weighted by atomic mass is 79.9. The Morgan fingerprint density at radius 3 is 2.67 bits per heavy atom. The first kappa shape index (κ1) is 15.9. The lowest BCUT2D eigenvalue weighted by Crippen LogP contribution is -2.18. The molecule has 0 fully saturated rings. The van der Waals surface area contributed by atoms with Crippen LogP contribution < -0.4 is 11.1 Å². The van der Waals surface area contributed by atoms with E-state index in [1.54, 1.807) is 16.8 Å². The van der Waals surface area contributed by atoms with E-state index in [-0.39, 0.29) is 17.0 Å². The molecular formula is C14H14BrClFN3O. The fourth-order valence-electron chi connectivity index (χ4n) is 1.95. The molecule has 1 aromatic heterocycles. The summed E-state index contributed by atoms with van der Waals surface area (Å²) >= 11 is 9.14. The molecule has 2 aromatic rings. The van der Waals surface area contributed by atoms with E-state index < -0.39 is 5.82 Å². The second kappa shape index (κ2) is 6.07. The lowest BCUT2D eigenvalue weighted by molar-refractivity contribution is 0.101. The fourth-order valence-corrected chi connectivity index (χ4v) is 2.85. The number of hydrogen-bond donors (Lipinski definition) is 2. The topological polar surface area (TPSA) is 60.0 Å². The highest BCUT2D eigenvalue weighted by Crippen LogP contribution is 2.32. The third-order valence-corrected chi connectivity index (χ3v) is 3.83. The van der Waals surface area contributed by atoms with Gasteiger partial charge in [-0.3, -0.25) is 4.79 Å². The molecule has 21 heavy (non-hydrogen) atoms. The van der Waals surface area contributed by atoms with E-state index in [0.717, 1.165) is 6.07 Å². The van der Waals surface area contributed by atoms with Crippen molar-refractivity contribution in [3.05, 3.63) is 45.4 Å². The predicted octanol–water partition coefficient (Wildman–Crippen LogP) is 4.46. The van der Waals surface area contributed by atoms with Crippen molar-refractivity contribution in [1.82, 2.24) is 4.57 Å². The largest absolute Gasteiger partial charge is 0.397 e. The van der Waals surface area contributed by atoms with Crippen LogP contribution >= 0.6 is 27.5 Å². The summed E-state index contributed by atoms with van der Waals surface area (Å²) in [7, 11) is 0. The second-order valence-corrected chi connectivity index (χ2v) is 6.12. The molecule has 3 N–H and O–H groups in total. The number of nitrogens with two attached hydrogens (primary N) is 1. The fraction of sp³-hybridized carbons (Fsp3) is 0.214. The minimum Gasteiger partial charge on any atom is -0.397 e. The van der Waals surface area contributed by atoms with Crippen molar-refractivity contribution in [3.63, 3.8) is 0 Å². The Bertz CT molecular complexity index is 677. The molecule has 1 heterocycles. The Morgan fingerprint density at radius 1 is 1.43 bits per heavy atom. The van der Waals surface area contributed by atoms with Crippen LogP contribution in [0.4, 0.5) is 15.8 Å². The van der Waals surface area contributed by atoms with Crippen LogP contribution in [0.3, 0.4) is 0 Å². The molecule has 0 saturated carbocycles. The van der Waals surface area contributed by atoms with Gasteiger partial charge < -0.3 is 15.6 Å². The zero-order valence-electron chi connectivity index (χ0n) is 11.5. The number of benzene rings is 1. The number of anilines is 2. The lowest BCUT2D eigenvalue weighted by Gasteiger charge is -2.14. The molecule has 0 unspecified atom stereocenters. The monoisotopic (exact) mass is 373 g/mol. The van der Waals surface area contributed by atoms with Gasteiger partial charge >= 0.3 is 0 Å². The summed E-state index contributed by atoms with van der Waals surface area (Å²) in [5.41, 5.74) is 6.97. The molecule has 1 aromatic carbocycles. The number of nitrogens with one attached hydrogen (secondary N) is 1. The first-order valence-corrected chi connectivity index (χ1v) is 7.40. The van der Waals surface area contributed by atoms with Crippen LogP contribution in [0.25, 0.3) is 0 Å². The van der Waals surface area contributed by atoms with Crippen molar-refractivity contribution < 1.29 is 9.18 Å². The second-order valence-electron chi connectivity index (χ2n) is 4.86. The van der Waals surface area contributed by atoms with Crippen LogP contribution in [0, 0.1) is 5.82 Å². The van der Waals surface area contributed by atoms with Crippen LogP contribution in [-0.4, -0.2) is 10.5 Å². The third-order valence-electron chi connectivity index (χ3n) is 2.90. The number of amides is 1.